The number of Topliss-reactive ketones (excluding diaryl/α,β-unsaturated/α-hetero) is 1. The van der Waals surface area contributed by atoms with E-state index in [9.17, 15) is 4.79 Å². The summed E-state index contributed by atoms with van der Waals surface area (Å²) >= 11 is 5.95. The van der Waals surface area contributed by atoms with E-state index in [4.69, 9.17) is 11.6 Å². The van der Waals surface area contributed by atoms with E-state index in [2.05, 4.69) is 0 Å². The van der Waals surface area contributed by atoms with Gasteiger partial charge in [0, 0.05) is 12.0 Å². The molecular weight excluding hydrogens is 196 g/mol. The number of halogens is 1. The highest BCUT2D eigenvalue weighted by Gasteiger charge is 2.11. The van der Waals surface area contributed by atoms with Crippen LogP contribution < -0.4 is 0 Å². The van der Waals surface area contributed by atoms with Crippen LogP contribution in [0.4, 0.5) is 0 Å². The molecule has 0 amide bonds. The van der Waals surface area contributed by atoms with Gasteiger partial charge in [-0.05, 0) is 25.0 Å². The van der Waals surface area contributed by atoms with Crippen molar-refractivity contribution in [2.45, 2.75) is 27.2 Å². The highest BCUT2D eigenvalue weighted by atomic mass is 35.5. The Labute approximate surface area is 90.1 Å². The van der Waals surface area contributed by atoms with Crippen LogP contribution in [-0.4, -0.2) is 5.78 Å². The number of benzene rings is 1. The van der Waals surface area contributed by atoms with E-state index in [-0.39, 0.29) is 5.78 Å². The van der Waals surface area contributed by atoms with E-state index in [1.807, 2.05) is 32.9 Å². The van der Waals surface area contributed by atoms with Crippen molar-refractivity contribution in [3.63, 3.8) is 0 Å². The van der Waals surface area contributed by atoms with E-state index < -0.39 is 0 Å². The Balaban J connectivity index is 2.94. The molecule has 0 saturated carbocycles. The fourth-order valence-corrected chi connectivity index (χ4v) is 1.56. The zero-order valence-corrected chi connectivity index (χ0v) is 9.56. The summed E-state index contributed by atoms with van der Waals surface area (Å²) in [4.78, 5) is 11.7. The maximum Gasteiger partial charge on any atom is 0.164 e. The summed E-state index contributed by atoms with van der Waals surface area (Å²) < 4.78 is 0. The molecule has 0 aromatic heterocycles. The molecule has 0 fully saturated rings. The lowest BCUT2D eigenvalue weighted by Crippen LogP contribution is -2.04. The maximum absolute atomic E-state index is 11.7. The summed E-state index contributed by atoms with van der Waals surface area (Å²) in [6, 6.07) is 5.55. The third-order valence-electron chi connectivity index (χ3n) is 2.02. The van der Waals surface area contributed by atoms with Gasteiger partial charge in [0.2, 0.25) is 0 Å². The lowest BCUT2D eigenvalue weighted by atomic mass is 10.00. The number of aryl methyl sites for hydroxylation is 1. The van der Waals surface area contributed by atoms with Gasteiger partial charge in [-0.1, -0.05) is 37.1 Å². The molecule has 1 aromatic carbocycles. The summed E-state index contributed by atoms with van der Waals surface area (Å²) in [5.74, 6) is 0.507. The highest BCUT2D eigenvalue weighted by molar-refractivity contribution is 6.34. The van der Waals surface area contributed by atoms with Gasteiger partial charge >= 0.3 is 0 Å². The van der Waals surface area contributed by atoms with Crippen LogP contribution in [0.5, 0.6) is 0 Å². The van der Waals surface area contributed by atoms with Crippen LogP contribution in [0, 0.1) is 12.8 Å². The summed E-state index contributed by atoms with van der Waals surface area (Å²) in [6.07, 6.45) is 0.559. The average Bonchev–Trinajstić information content (AvgIpc) is 2.08. The SMILES string of the molecule is Cc1ccc(Cl)c(C(=O)CC(C)C)c1. The normalized spacial score (nSPS) is 10.6. The highest BCUT2D eigenvalue weighted by Crippen LogP contribution is 2.20. The van der Waals surface area contributed by atoms with Gasteiger partial charge in [0.1, 0.15) is 0 Å². The Morgan fingerprint density at radius 1 is 1.43 bits per heavy atom. The standard InChI is InChI=1S/C12H15ClO/c1-8(2)6-12(14)10-7-9(3)4-5-11(10)13/h4-5,7-8H,6H2,1-3H3. The van der Waals surface area contributed by atoms with Crippen molar-refractivity contribution in [3.05, 3.63) is 34.3 Å². The van der Waals surface area contributed by atoms with Gasteiger partial charge in [-0.3, -0.25) is 4.79 Å². The second-order valence-corrected chi connectivity index (χ2v) is 4.41. The summed E-state index contributed by atoms with van der Waals surface area (Å²) in [5, 5.41) is 0.557. The van der Waals surface area contributed by atoms with Crippen LogP contribution in [0.25, 0.3) is 0 Å². The van der Waals surface area contributed by atoms with Crippen molar-refractivity contribution in [1.82, 2.24) is 0 Å². The molecule has 0 aliphatic rings. The number of rotatable bonds is 3. The van der Waals surface area contributed by atoms with Crippen molar-refractivity contribution in [2.24, 2.45) is 5.92 Å². The molecule has 0 saturated heterocycles. The van der Waals surface area contributed by atoms with Gasteiger partial charge in [0.15, 0.2) is 5.78 Å². The van der Waals surface area contributed by atoms with Gasteiger partial charge in [0.25, 0.3) is 0 Å². The Kier molecular flexibility index (Phi) is 3.70. The summed E-state index contributed by atoms with van der Waals surface area (Å²) in [5.41, 5.74) is 1.72. The van der Waals surface area contributed by atoms with E-state index in [0.717, 1.165) is 5.56 Å². The minimum atomic E-state index is 0.133. The molecule has 0 heterocycles. The largest absolute Gasteiger partial charge is 0.294 e. The van der Waals surface area contributed by atoms with Crippen molar-refractivity contribution in [2.75, 3.05) is 0 Å². The molecule has 14 heavy (non-hydrogen) atoms. The summed E-state index contributed by atoms with van der Waals surface area (Å²) in [7, 11) is 0. The van der Waals surface area contributed by atoms with Crippen LogP contribution in [0.3, 0.4) is 0 Å². The quantitative estimate of drug-likeness (QED) is 0.692. The minimum Gasteiger partial charge on any atom is -0.294 e. The fraction of sp³-hybridized carbons (Fsp3) is 0.417. The molecule has 0 aliphatic carbocycles. The van der Waals surface area contributed by atoms with Gasteiger partial charge < -0.3 is 0 Å². The maximum atomic E-state index is 11.7. The van der Waals surface area contributed by atoms with Crippen LogP contribution in [-0.2, 0) is 0 Å². The first kappa shape index (κ1) is 11.3. The predicted molar refractivity (Wildman–Crippen MR) is 60.0 cm³/mol. The number of hydrogen-bond acceptors (Lipinski definition) is 1. The molecule has 1 rings (SSSR count). The fourth-order valence-electron chi connectivity index (χ4n) is 1.33. The predicted octanol–water partition coefficient (Wildman–Crippen LogP) is 3.88. The van der Waals surface area contributed by atoms with Crippen molar-refractivity contribution in [1.29, 1.82) is 0 Å². The Morgan fingerprint density at radius 2 is 2.07 bits per heavy atom. The van der Waals surface area contributed by atoms with Gasteiger partial charge in [-0.25, -0.2) is 0 Å². The molecule has 0 atom stereocenters. The van der Waals surface area contributed by atoms with Crippen LogP contribution in [0.1, 0.15) is 36.2 Å². The molecule has 2 heteroatoms. The van der Waals surface area contributed by atoms with Crippen molar-refractivity contribution >= 4 is 17.4 Å². The number of carbonyl (C=O) groups is 1. The third-order valence-corrected chi connectivity index (χ3v) is 2.35. The van der Waals surface area contributed by atoms with Gasteiger partial charge in [0.05, 0.1) is 5.02 Å². The van der Waals surface area contributed by atoms with Crippen LogP contribution in [0.15, 0.2) is 18.2 Å². The summed E-state index contributed by atoms with van der Waals surface area (Å²) in [6.45, 7) is 6.02. The van der Waals surface area contributed by atoms with E-state index in [1.54, 1.807) is 6.07 Å². The van der Waals surface area contributed by atoms with Crippen LogP contribution in [0.2, 0.25) is 5.02 Å². The van der Waals surface area contributed by atoms with E-state index >= 15 is 0 Å². The zero-order valence-electron chi connectivity index (χ0n) is 8.80. The monoisotopic (exact) mass is 210 g/mol. The lowest BCUT2D eigenvalue weighted by molar-refractivity contribution is 0.0968. The molecule has 0 bridgehead atoms. The molecule has 1 nitrogen and oxygen atoms in total. The van der Waals surface area contributed by atoms with E-state index in [1.165, 1.54) is 0 Å². The molecule has 0 unspecified atom stereocenters. The lowest BCUT2D eigenvalue weighted by Gasteiger charge is -2.06. The van der Waals surface area contributed by atoms with Gasteiger partial charge in [-0.2, -0.15) is 0 Å². The number of ketones is 1. The Morgan fingerprint density at radius 3 is 2.64 bits per heavy atom. The zero-order chi connectivity index (χ0) is 10.7. The second kappa shape index (κ2) is 4.61. The molecule has 1 aromatic rings. The van der Waals surface area contributed by atoms with Gasteiger partial charge in [-0.15, -0.1) is 0 Å². The Bertz CT molecular complexity index is 342. The first-order valence-corrected chi connectivity index (χ1v) is 5.18. The topological polar surface area (TPSA) is 17.1 Å². The molecule has 0 aliphatic heterocycles. The third kappa shape index (κ3) is 2.85. The van der Waals surface area contributed by atoms with Crippen molar-refractivity contribution in [3.8, 4) is 0 Å². The van der Waals surface area contributed by atoms with Crippen LogP contribution >= 0.6 is 11.6 Å². The van der Waals surface area contributed by atoms with E-state index in [0.29, 0.717) is 22.9 Å². The smallest absolute Gasteiger partial charge is 0.164 e. The number of carbonyl (C=O) groups excluding carboxylic acids is 1. The Hall–Kier alpha value is -0.820. The minimum absolute atomic E-state index is 0.133. The first-order valence-electron chi connectivity index (χ1n) is 4.80. The average molecular weight is 211 g/mol. The first-order chi connectivity index (χ1) is 6.50. The molecule has 0 spiro atoms. The number of hydrogen-bond donors (Lipinski definition) is 0. The molecule has 0 radical (unpaired) electrons. The van der Waals surface area contributed by atoms with Crippen molar-refractivity contribution < 1.29 is 4.79 Å². The molecule has 0 N–H and O–H groups in total. The molecular formula is C12H15ClO. The molecule has 76 valence electrons. The second-order valence-electron chi connectivity index (χ2n) is 4.00.